The Labute approximate surface area is 400 Å². The van der Waals surface area contributed by atoms with Crippen molar-refractivity contribution in [2.24, 2.45) is 0 Å². The first-order valence-electron chi connectivity index (χ1n) is 22.5. The minimum Gasteiger partial charge on any atom is -0.373 e. The van der Waals surface area contributed by atoms with Gasteiger partial charge in [-0.15, -0.1) is 11.3 Å². The molecule has 1 aliphatic carbocycles. The van der Waals surface area contributed by atoms with Crippen LogP contribution in [0, 0.1) is 11.3 Å². The monoisotopic (exact) mass is 955 g/mol. The molecular weight excluding hydrogens is 903 g/mol. The number of benzene rings is 4. The highest BCUT2D eigenvalue weighted by Crippen LogP contribution is 2.52. The van der Waals surface area contributed by atoms with E-state index in [1.807, 2.05) is 52.0 Å². The van der Waals surface area contributed by atoms with Crippen molar-refractivity contribution in [2.75, 3.05) is 44.0 Å². The first-order chi connectivity index (χ1) is 32.1. The Hall–Kier alpha value is -5.44. The molecule has 3 heterocycles. The Morgan fingerprint density at radius 2 is 1.52 bits per heavy atom. The molecule has 15 heteroatoms. The molecule has 8 rings (SSSR count). The molecule has 4 aromatic carbocycles. The molecule has 0 bridgehead atoms. The molecule has 3 aliphatic rings. The quantitative estimate of drug-likeness (QED) is 0.0393. The molecule has 2 aliphatic heterocycles. The van der Waals surface area contributed by atoms with Gasteiger partial charge in [0.25, 0.3) is 11.5 Å². The number of nitriles is 1. The van der Waals surface area contributed by atoms with E-state index in [-0.39, 0.29) is 18.6 Å². The summed E-state index contributed by atoms with van der Waals surface area (Å²) in [5.74, 6) is -0.486. The molecule has 66 heavy (non-hydrogen) atoms. The van der Waals surface area contributed by atoms with E-state index < -0.39 is 26.8 Å². The van der Waals surface area contributed by atoms with Crippen molar-refractivity contribution in [2.45, 2.75) is 65.5 Å². The van der Waals surface area contributed by atoms with E-state index in [0.29, 0.717) is 56.7 Å². The van der Waals surface area contributed by atoms with Gasteiger partial charge in [0.1, 0.15) is 27.0 Å². The van der Waals surface area contributed by atoms with Crippen LogP contribution in [0.2, 0.25) is 0 Å². The summed E-state index contributed by atoms with van der Waals surface area (Å²) >= 11 is 7.86. The number of thioether (sulfide) groups is 1. The molecule has 0 N–H and O–H groups in total. The fourth-order valence-corrected chi connectivity index (χ4v) is 14.5. The van der Waals surface area contributed by atoms with Crippen molar-refractivity contribution in [1.29, 1.82) is 5.26 Å². The maximum atomic E-state index is 14.6. The molecule has 1 aromatic heterocycles. The zero-order valence-corrected chi connectivity index (χ0v) is 41.1. The predicted octanol–water partition coefficient (Wildman–Crippen LogP) is 8.04. The third-order valence-electron chi connectivity index (χ3n) is 12.1. The lowest BCUT2D eigenvalue weighted by Crippen LogP contribution is -2.57. The summed E-state index contributed by atoms with van der Waals surface area (Å²) in [6.07, 6.45) is 7.30. The SMILES string of the molecule is CCO[Si](CN(CC#N)C(=O)Cn1c(=C2SC(=S)N(CC)C2=O)sc(=Cc2ccc3c(c2)C2CCCC2N3c2ccc(C=C(c3ccccc3)c3ccccc3)cc2)c1=O)(OCC)OCC. The Morgan fingerprint density at radius 1 is 0.879 bits per heavy atom. The largest absolute Gasteiger partial charge is 0.521 e. The van der Waals surface area contributed by atoms with Gasteiger partial charge < -0.3 is 23.1 Å². The molecule has 1 saturated carbocycles. The Bertz CT molecular complexity index is 2800. The fourth-order valence-electron chi connectivity index (χ4n) is 9.26. The highest BCUT2D eigenvalue weighted by atomic mass is 32.2. The van der Waals surface area contributed by atoms with Crippen molar-refractivity contribution >= 4 is 94.3 Å². The zero-order valence-electron chi connectivity index (χ0n) is 37.6. The number of nitrogens with zero attached hydrogens (tertiary/aromatic N) is 5. The summed E-state index contributed by atoms with van der Waals surface area (Å²) in [6.45, 7) is 7.85. The van der Waals surface area contributed by atoms with Gasteiger partial charge in [0.15, 0.2) is 0 Å². The van der Waals surface area contributed by atoms with Gasteiger partial charge in [-0.3, -0.25) is 23.9 Å². The Kier molecular flexibility index (Phi) is 15.0. The second kappa shape index (κ2) is 21.0. The molecule has 340 valence electrons. The van der Waals surface area contributed by atoms with Gasteiger partial charge in [-0.25, -0.2) is 0 Å². The third-order valence-corrected chi connectivity index (χ3v) is 17.8. The number of hydrogen-bond donors (Lipinski definition) is 0. The summed E-state index contributed by atoms with van der Waals surface area (Å²) in [7, 11) is -3.42. The molecule has 0 spiro atoms. The van der Waals surface area contributed by atoms with Gasteiger partial charge in [-0.05, 0) is 110 Å². The number of rotatable bonds is 17. The Balaban J connectivity index is 1.14. The number of carbonyl (C=O) groups is 2. The number of amides is 2. The molecule has 2 fully saturated rings. The summed E-state index contributed by atoms with van der Waals surface area (Å²) in [5.41, 5.74) is 8.59. The van der Waals surface area contributed by atoms with Crippen LogP contribution in [-0.4, -0.2) is 84.4 Å². The number of thiocarbonyl (C=S) groups is 1. The van der Waals surface area contributed by atoms with Crippen LogP contribution in [0.25, 0.3) is 22.6 Å². The average molecular weight is 956 g/mol. The standard InChI is InChI=1S/C51H53N5O6S3Si/c1-5-54-49(59)47(65-51(54)63)50-55(33-46(57)53(29-28-52)34-66(60-6-2,61-7-3)62-8-4)48(58)45(64-50)32-36-24-27-44-42(31-36)40-20-15-21-43(40)56(44)39-25-22-35(23-26-39)30-41(37-16-11-9-12-17-37)38-18-13-10-14-19-38/h9-14,16-19,22-27,30-32,40,43H,5-8,15,20-21,29,33-34H2,1-4H3. The van der Waals surface area contributed by atoms with Gasteiger partial charge in [-0.1, -0.05) is 109 Å². The maximum Gasteiger partial charge on any atom is 0.521 e. The van der Waals surface area contributed by atoms with E-state index in [9.17, 15) is 19.6 Å². The molecule has 11 nitrogen and oxygen atoms in total. The van der Waals surface area contributed by atoms with Crippen molar-refractivity contribution in [1.82, 2.24) is 14.4 Å². The number of hydrogen-bond acceptors (Lipinski definition) is 11. The minimum absolute atomic E-state index is 0.0704. The molecule has 5 aromatic rings. The van der Waals surface area contributed by atoms with Crippen LogP contribution >= 0.6 is 35.3 Å². The second-order valence-corrected chi connectivity index (χ2v) is 21.3. The minimum atomic E-state index is -3.42. The number of aromatic nitrogens is 1. The van der Waals surface area contributed by atoms with Crippen molar-refractivity contribution in [3.8, 4) is 6.07 Å². The van der Waals surface area contributed by atoms with E-state index in [1.54, 1.807) is 0 Å². The summed E-state index contributed by atoms with van der Waals surface area (Å²) in [5, 5.41) is 9.83. The van der Waals surface area contributed by atoms with Gasteiger partial charge >= 0.3 is 8.80 Å². The summed E-state index contributed by atoms with van der Waals surface area (Å²) in [4.78, 5) is 48.1. The average Bonchev–Trinajstić information content (AvgIpc) is 4.07. The molecule has 1 saturated heterocycles. The first kappa shape index (κ1) is 47.1. The van der Waals surface area contributed by atoms with Crippen molar-refractivity contribution < 1.29 is 22.9 Å². The first-order valence-corrected chi connectivity index (χ1v) is 26.5. The van der Waals surface area contributed by atoms with Gasteiger partial charge in [0.05, 0.1) is 16.8 Å². The lowest BCUT2D eigenvalue weighted by molar-refractivity contribution is -0.131. The number of carbonyl (C=O) groups excluding carboxylic acids is 2. The number of fused-ring (bicyclic) bond motifs is 3. The maximum absolute atomic E-state index is 14.6. The van der Waals surface area contributed by atoms with Crippen LogP contribution < -0.4 is 19.7 Å². The molecule has 2 atom stereocenters. The smallest absolute Gasteiger partial charge is 0.373 e. The molecule has 2 unspecified atom stereocenters. The van der Waals surface area contributed by atoms with Crippen LogP contribution in [0.3, 0.4) is 0 Å². The van der Waals surface area contributed by atoms with E-state index in [4.69, 9.17) is 25.5 Å². The second-order valence-electron chi connectivity index (χ2n) is 16.1. The fraction of sp³-hybridized carbons (Fsp3) is 0.314. The van der Waals surface area contributed by atoms with Crippen LogP contribution in [0.1, 0.15) is 80.7 Å². The van der Waals surface area contributed by atoms with Crippen LogP contribution in [0.5, 0.6) is 0 Å². The third kappa shape index (κ3) is 9.68. The highest BCUT2D eigenvalue weighted by molar-refractivity contribution is 8.30. The number of anilines is 2. The lowest BCUT2D eigenvalue weighted by Gasteiger charge is -2.32. The lowest BCUT2D eigenvalue weighted by atomic mass is 9.95. The van der Waals surface area contributed by atoms with E-state index in [2.05, 4.69) is 102 Å². The van der Waals surface area contributed by atoms with E-state index >= 15 is 0 Å². The van der Waals surface area contributed by atoms with Crippen molar-refractivity contribution in [3.05, 3.63) is 150 Å². The number of thiazole rings is 1. The summed E-state index contributed by atoms with van der Waals surface area (Å²) in [6, 6.07) is 38.6. The van der Waals surface area contributed by atoms with Gasteiger partial charge in [-0.2, -0.15) is 5.26 Å². The predicted molar refractivity (Wildman–Crippen MR) is 270 cm³/mol. The zero-order chi connectivity index (χ0) is 46.4. The molecule has 0 radical (unpaired) electrons. The van der Waals surface area contributed by atoms with Crippen LogP contribution in [0.4, 0.5) is 11.4 Å². The molecular formula is C51H53N5O6S3Si. The van der Waals surface area contributed by atoms with E-state index in [0.717, 1.165) is 70.2 Å². The topological polar surface area (TPSA) is 117 Å². The van der Waals surface area contributed by atoms with Crippen molar-refractivity contribution in [3.63, 3.8) is 0 Å². The summed E-state index contributed by atoms with van der Waals surface area (Å²) < 4.78 is 20.5. The Morgan fingerprint density at radius 3 is 2.11 bits per heavy atom. The van der Waals surface area contributed by atoms with Crippen LogP contribution in [-0.2, 0) is 29.4 Å². The van der Waals surface area contributed by atoms with Gasteiger partial charge in [0.2, 0.25) is 5.91 Å². The highest BCUT2D eigenvalue weighted by Gasteiger charge is 2.45. The van der Waals surface area contributed by atoms with Gasteiger partial charge in [0, 0.05) is 49.7 Å². The van der Waals surface area contributed by atoms with E-state index in [1.165, 1.54) is 31.3 Å². The van der Waals surface area contributed by atoms with Crippen LogP contribution in [0.15, 0.2) is 108 Å². The normalized spacial score (nSPS) is 17.8. The molecule has 2 amide bonds.